The number of benzene rings is 1. The predicted octanol–water partition coefficient (Wildman–Crippen LogP) is 2.37. The lowest BCUT2D eigenvalue weighted by Gasteiger charge is -2.32. The number of aldehydes is 1. The Kier molecular flexibility index (Phi) is 3.80. The van der Waals surface area contributed by atoms with Gasteiger partial charge in [0.25, 0.3) is 0 Å². The molecule has 0 amide bonds. The van der Waals surface area contributed by atoms with Gasteiger partial charge in [-0.05, 0) is 7.05 Å². The molecule has 1 saturated heterocycles. The summed E-state index contributed by atoms with van der Waals surface area (Å²) in [5.41, 5.74) is 2.75. The monoisotopic (exact) mass is 287 g/mol. The molecule has 0 N–H and O–H groups in total. The third kappa shape index (κ3) is 2.73. The summed E-state index contributed by atoms with van der Waals surface area (Å²) in [6.07, 6.45) is 0.862. The number of thiazole rings is 1. The molecule has 0 atom stereocenters. The van der Waals surface area contributed by atoms with Crippen molar-refractivity contribution in [1.82, 2.24) is 9.88 Å². The van der Waals surface area contributed by atoms with Gasteiger partial charge in [-0.25, -0.2) is 4.98 Å². The minimum atomic E-state index is 0.697. The standard InChI is InChI=1S/C15H17N3OS/c1-17-6-8-18(9-7-17)15-16-14(11-20-15)13-4-2-12(10-19)3-5-13/h2-5,10-11H,6-9H2,1H3. The lowest BCUT2D eigenvalue weighted by Crippen LogP contribution is -2.44. The van der Waals surface area contributed by atoms with Crippen LogP contribution in [0.2, 0.25) is 0 Å². The van der Waals surface area contributed by atoms with Gasteiger partial charge in [0, 0.05) is 42.7 Å². The van der Waals surface area contributed by atoms with Crippen molar-refractivity contribution in [3.63, 3.8) is 0 Å². The molecule has 0 unspecified atom stereocenters. The number of hydrogen-bond donors (Lipinski definition) is 0. The van der Waals surface area contributed by atoms with Gasteiger partial charge in [-0.1, -0.05) is 24.3 Å². The van der Waals surface area contributed by atoms with Gasteiger partial charge in [-0.15, -0.1) is 11.3 Å². The molecule has 1 aliphatic rings. The second-order valence-electron chi connectivity index (χ2n) is 5.05. The van der Waals surface area contributed by atoms with Crippen LogP contribution >= 0.6 is 11.3 Å². The van der Waals surface area contributed by atoms with Crippen LogP contribution in [0, 0.1) is 0 Å². The first-order valence-corrected chi connectivity index (χ1v) is 7.59. The van der Waals surface area contributed by atoms with Crippen LogP contribution in [0.1, 0.15) is 10.4 Å². The second-order valence-corrected chi connectivity index (χ2v) is 5.88. The van der Waals surface area contributed by atoms with Crippen molar-refractivity contribution < 1.29 is 4.79 Å². The molecule has 5 heteroatoms. The molecule has 104 valence electrons. The molecular weight excluding hydrogens is 270 g/mol. The molecule has 0 aliphatic carbocycles. The Labute approximate surface area is 122 Å². The summed E-state index contributed by atoms with van der Waals surface area (Å²) < 4.78 is 0. The number of hydrogen-bond acceptors (Lipinski definition) is 5. The molecule has 0 radical (unpaired) electrons. The molecule has 20 heavy (non-hydrogen) atoms. The fourth-order valence-electron chi connectivity index (χ4n) is 2.27. The Morgan fingerprint density at radius 1 is 1.15 bits per heavy atom. The van der Waals surface area contributed by atoms with Crippen LogP contribution in [0.15, 0.2) is 29.6 Å². The highest BCUT2D eigenvalue weighted by Gasteiger charge is 2.17. The Morgan fingerprint density at radius 2 is 1.85 bits per heavy atom. The zero-order valence-electron chi connectivity index (χ0n) is 11.5. The van der Waals surface area contributed by atoms with Crippen LogP contribution in [-0.4, -0.2) is 49.4 Å². The Bertz CT molecular complexity index is 585. The fraction of sp³-hybridized carbons (Fsp3) is 0.333. The highest BCUT2D eigenvalue weighted by Crippen LogP contribution is 2.28. The van der Waals surface area contributed by atoms with Crippen LogP contribution in [0.3, 0.4) is 0 Å². The van der Waals surface area contributed by atoms with E-state index < -0.39 is 0 Å². The van der Waals surface area contributed by atoms with Crippen LogP contribution in [0.4, 0.5) is 5.13 Å². The zero-order chi connectivity index (χ0) is 13.9. The minimum absolute atomic E-state index is 0.697. The summed E-state index contributed by atoms with van der Waals surface area (Å²) in [4.78, 5) is 20.1. The van der Waals surface area contributed by atoms with Crippen molar-refractivity contribution in [1.29, 1.82) is 0 Å². The number of rotatable bonds is 3. The van der Waals surface area contributed by atoms with Crippen molar-refractivity contribution in [2.24, 2.45) is 0 Å². The third-order valence-electron chi connectivity index (χ3n) is 3.61. The van der Waals surface area contributed by atoms with E-state index in [2.05, 4.69) is 22.2 Å². The summed E-state index contributed by atoms with van der Waals surface area (Å²) in [5.74, 6) is 0. The number of anilines is 1. The van der Waals surface area contributed by atoms with E-state index in [-0.39, 0.29) is 0 Å². The molecule has 1 aliphatic heterocycles. The number of carbonyl (C=O) groups is 1. The van der Waals surface area contributed by atoms with E-state index in [1.807, 2.05) is 24.3 Å². The number of aromatic nitrogens is 1. The van der Waals surface area contributed by atoms with Gasteiger partial charge in [-0.3, -0.25) is 4.79 Å². The lowest BCUT2D eigenvalue weighted by atomic mass is 10.1. The maximum atomic E-state index is 10.7. The van der Waals surface area contributed by atoms with Crippen molar-refractivity contribution in [3.05, 3.63) is 35.2 Å². The Morgan fingerprint density at radius 3 is 2.50 bits per heavy atom. The Hall–Kier alpha value is -1.72. The van der Waals surface area contributed by atoms with Crippen molar-refractivity contribution in [3.8, 4) is 11.3 Å². The SMILES string of the molecule is CN1CCN(c2nc(-c3ccc(C=O)cc3)cs2)CC1. The van der Waals surface area contributed by atoms with Gasteiger partial charge < -0.3 is 9.80 Å². The normalized spacial score (nSPS) is 16.4. The van der Waals surface area contributed by atoms with E-state index in [9.17, 15) is 4.79 Å². The largest absolute Gasteiger partial charge is 0.346 e. The zero-order valence-corrected chi connectivity index (χ0v) is 12.3. The minimum Gasteiger partial charge on any atom is -0.346 e. The third-order valence-corrected chi connectivity index (χ3v) is 4.51. The van der Waals surface area contributed by atoms with E-state index in [1.165, 1.54) is 0 Å². The quantitative estimate of drug-likeness (QED) is 0.812. The average molecular weight is 287 g/mol. The van der Waals surface area contributed by atoms with Gasteiger partial charge in [0.05, 0.1) is 5.69 Å². The smallest absolute Gasteiger partial charge is 0.185 e. The first-order chi connectivity index (χ1) is 9.76. The van der Waals surface area contributed by atoms with Gasteiger partial charge in [0.15, 0.2) is 5.13 Å². The number of nitrogens with zero attached hydrogens (tertiary/aromatic N) is 3. The summed E-state index contributed by atoms with van der Waals surface area (Å²) >= 11 is 1.69. The first kappa shape index (κ1) is 13.3. The lowest BCUT2D eigenvalue weighted by molar-refractivity contribution is 0.112. The van der Waals surface area contributed by atoms with E-state index in [0.29, 0.717) is 5.56 Å². The molecule has 0 bridgehead atoms. The predicted molar refractivity (Wildman–Crippen MR) is 82.6 cm³/mol. The van der Waals surface area contributed by atoms with Gasteiger partial charge in [0.1, 0.15) is 6.29 Å². The maximum Gasteiger partial charge on any atom is 0.185 e. The summed E-state index contributed by atoms with van der Waals surface area (Å²) in [6.45, 7) is 4.24. The highest BCUT2D eigenvalue weighted by atomic mass is 32.1. The molecule has 1 fully saturated rings. The van der Waals surface area contributed by atoms with E-state index >= 15 is 0 Å². The molecule has 0 saturated carbocycles. The summed E-state index contributed by atoms with van der Waals surface area (Å²) in [7, 11) is 2.15. The van der Waals surface area contributed by atoms with E-state index in [4.69, 9.17) is 4.98 Å². The maximum absolute atomic E-state index is 10.7. The fourth-order valence-corrected chi connectivity index (χ4v) is 3.16. The second kappa shape index (κ2) is 5.73. The molecule has 2 heterocycles. The van der Waals surface area contributed by atoms with E-state index in [0.717, 1.165) is 48.9 Å². The van der Waals surface area contributed by atoms with Crippen LogP contribution in [0.25, 0.3) is 11.3 Å². The molecule has 0 spiro atoms. The van der Waals surface area contributed by atoms with Crippen LogP contribution < -0.4 is 4.90 Å². The molecule has 1 aromatic heterocycles. The van der Waals surface area contributed by atoms with Crippen molar-refractivity contribution in [2.45, 2.75) is 0 Å². The molecule has 4 nitrogen and oxygen atoms in total. The molecule has 2 aromatic rings. The molecular formula is C15H17N3OS. The first-order valence-electron chi connectivity index (χ1n) is 6.71. The summed E-state index contributed by atoms with van der Waals surface area (Å²) in [6, 6.07) is 7.56. The topological polar surface area (TPSA) is 36.4 Å². The highest BCUT2D eigenvalue weighted by molar-refractivity contribution is 7.14. The number of likely N-dealkylation sites (N-methyl/N-ethyl adjacent to an activating group) is 1. The molecule has 1 aromatic carbocycles. The van der Waals surface area contributed by atoms with Gasteiger partial charge in [-0.2, -0.15) is 0 Å². The average Bonchev–Trinajstić information content (AvgIpc) is 2.98. The number of piperazine rings is 1. The van der Waals surface area contributed by atoms with Gasteiger partial charge in [0.2, 0.25) is 0 Å². The summed E-state index contributed by atoms with van der Waals surface area (Å²) in [5, 5.41) is 3.18. The van der Waals surface area contributed by atoms with Crippen LogP contribution in [0.5, 0.6) is 0 Å². The molecule has 3 rings (SSSR count). The van der Waals surface area contributed by atoms with E-state index in [1.54, 1.807) is 11.3 Å². The number of carbonyl (C=O) groups excluding carboxylic acids is 1. The van der Waals surface area contributed by atoms with Crippen molar-refractivity contribution >= 4 is 22.8 Å². The van der Waals surface area contributed by atoms with Crippen LogP contribution in [-0.2, 0) is 0 Å². The Balaban J connectivity index is 1.77. The van der Waals surface area contributed by atoms with Crippen molar-refractivity contribution in [2.75, 3.05) is 38.1 Å². The van der Waals surface area contributed by atoms with Gasteiger partial charge >= 0.3 is 0 Å².